The van der Waals surface area contributed by atoms with Crippen molar-refractivity contribution in [1.29, 1.82) is 0 Å². The summed E-state index contributed by atoms with van der Waals surface area (Å²) in [7, 11) is -6.23. The van der Waals surface area contributed by atoms with Crippen LogP contribution < -0.4 is 9.61 Å². The topological polar surface area (TPSA) is 105 Å². The highest BCUT2D eigenvalue weighted by Gasteiger charge is 2.49. The molecule has 0 unspecified atom stereocenters. The fourth-order valence-electron chi connectivity index (χ4n) is 2.25. The quantitative estimate of drug-likeness (QED) is 0.293. The van der Waals surface area contributed by atoms with E-state index in [1.165, 1.54) is 20.8 Å². The number of nitrogens with zero attached hydrogens (tertiary/aromatic N) is 2. The highest BCUT2D eigenvalue weighted by atomic mass is 32.2. The van der Waals surface area contributed by atoms with Gasteiger partial charge in [0.05, 0.1) is 12.8 Å². The molecular weight excluding hydrogens is 436 g/mol. The van der Waals surface area contributed by atoms with E-state index in [-0.39, 0.29) is 6.61 Å². The Labute approximate surface area is 169 Å². The van der Waals surface area contributed by atoms with Gasteiger partial charge in [0.1, 0.15) is 16.6 Å². The van der Waals surface area contributed by atoms with Gasteiger partial charge in [-0.15, -0.1) is 0 Å². The smallest absolute Gasteiger partial charge is 0.462 e. The number of carbonyl (C=O) groups excluding carboxylic acids is 1. The monoisotopic (exact) mass is 456 g/mol. The second-order valence-corrected chi connectivity index (χ2v) is 7.25. The summed E-state index contributed by atoms with van der Waals surface area (Å²) < 4.78 is 84.6. The summed E-state index contributed by atoms with van der Waals surface area (Å²) in [6.45, 7) is 8.41. The minimum Gasteiger partial charge on any atom is -0.462 e. The second kappa shape index (κ2) is 9.41. The van der Waals surface area contributed by atoms with Gasteiger partial charge in [0.25, 0.3) is 0 Å². The normalized spacial score (nSPS) is 11.8. The van der Waals surface area contributed by atoms with Crippen LogP contribution in [0, 0.1) is 5.82 Å². The molecule has 0 aliphatic carbocycles. The van der Waals surface area contributed by atoms with Gasteiger partial charge in [-0.05, 0) is 20.8 Å². The largest absolute Gasteiger partial charge is 0.534 e. The van der Waals surface area contributed by atoms with E-state index in [1.807, 2.05) is 13.8 Å². The van der Waals surface area contributed by atoms with Crippen LogP contribution in [0.2, 0.25) is 0 Å². The SMILES string of the molecule is CC.CCOC(=O)c1cn(C(C)C)c2c(OS(=O)(=O)C(F)(F)F)c(F)cnc2c1=O. The van der Waals surface area contributed by atoms with Gasteiger partial charge in [0.2, 0.25) is 11.2 Å². The van der Waals surface area contributed by atoms with Crippen LogP contribution in [0.15, 0.2) is 17.2 Å². The molecule has 0 spiro atoms. The molecule has 2 aromatic rings. The number of fused-ring (bicyclic) bond motifs is 1. The van der Waals surface area contributed by atoms with E-state index >= 15 is 0 Å². The molecule has 13 heteroatoms. The zero-order chi connectivity index (χ0) is 23.4. The minimum atomic E-state index is -6.23. The average Bonchev–Trinajstić information content (AvgIpc) is 2.64. The molecule has 0 saturated carbocycles. The highest BCUT2D eigenvalue weighted by Crippen LogP contribution is 2.33. The fourth-order valence-corrected chi connectivity index (χ4v) is 2.73. The Bertz CT molecular complexity index is 1090. The van der Waals surface area contributed by atoms with Gasteiger partial charge >= 0.3 is 21.6 Å². The molecule has 0 aromatic carbocycles. The van der Waals surface area contributed by atoms with Crippen molar-refractivity contribution in [3.05, 3.63) is 34.0 Å². The third kappa shape index (κ3) is 4.89. The Morgan fingerprint density at radius 2 is 1.83 bits per heavy atom. The number of esters is 1. The third-order valence-electron chi connectivity index (χ3n) is 3.48. The van der Waals surface area contributed by atoms with Crippen LogP contribution in [0.25, 0.3) is 11.0 Å². The summed E-state index contributed by atoms with van der Waals surface area (Å²) in [5, 5.41) is 0. The predicted octanol–water partition coefficient (Wildman–Crippen LogP) is 3.55. The van der Waals surface area contributed by atoms with Gasteiger partial charge in [0, 0.05) is 12.2 Å². The van der Waals surface area contributed by atoms with Gasteiger partial charge in [-0.1, -0.05) is 13.8 Å². The molecule has 2 rings (SSSR count). The molecule has 0 N–H and O–H groups in total. The van der Waals surface area contributed by atoms with Crippen molar-refractivity contribution in [2.45, 2.75) is 46.2 Å². The number of aromatic nitrogens is 2. The molecule has 0 radical (unpaired) electrons. The molecule has 0 amide bonds. The minimum absolute atomic E-state index is 0.0625. The summed E-state index contributed by atoms with van der Waals surface area (Å²) >= 11 is 0. The van der Waals surface area contributed by atoms with Crippen molar-refractivity contribution >= 4 is 27.1 Å². The molecule has 2 heterocycles. The zero-order valence-electron chi connectivity index (χ0n) is 16.7. The number of pyridine rings is 2. The number of hydrogen-bond acceptors (Lipinski definition) is 7. The molecule has 0 aliphatic rings. The van der Waals surface area contributed by atoms with Crippen molar-refractivity contribution in [1.82, 2.24) is 9.55 Å². The van der Waals surface area contributed by atoms with Crippen molar-refractivity contribution in [3.8, 4) is 5.75 Å². The second-order valence-electron chi connectivity index (χ2n) is 5.71. The summed E-state index contributed by atoms with van der Waals surface area (Å²) in [5.41, 5.74) is -8.73. The average molecular weight is 456 g/mol. The number of hydrogen-bond donors (Lipinski definition) is 0. The highest BCUT2D eigenvalue weighted by molar-refractivity contribution is 7.88. The van der Waals surface area contributed by atoms with Crippen LogP contribution in [-0.4, -0.2) is 36.1 Å². The van der Waals surface area contributed by atoms with E-state index in [0.717, 1.165) is 10.8 Å². The van der Waals surface area contributed by atoms with E-state index in [1.54, 1.807) is 0 Å². The number of carbonyl (C=O) groups is 1. The van der Waals surface area contributed by atoms with Crippen molar-refractivity contribution in [3.63, 3.8) is 0 Å². The lowest BCUT2D eigenvalue weighted by atomic mass is 10.2. The molecule has 0 saturated heterocycles. The Hall–Kier alpha value is -2.70. The summed E-state index contributed by atoms with van der Waals surface area (Å²) in [4.78, 5) is 28.0. The first-order chi connectivity index (χ1) is 13.8. The maximum Gasteiger partial charge on any atom is 0.534 e. The Balaban J connectivity index is 0.00000218. The van der Waals surface area contributed by atoms with Crippen LogP contribution in [0.1, 0.15) is 51.0 Å². The van der Waals surface area contributed by atoms with Crippen LogP contribution >= 0.6 is 0 Å². The molecule has 30 heavy (non-hydrogen) atoms. The van der Waals surface area contributed by atoms with Gasteiger partial charge < -0.3 is 13.5 Å². The molecule has 168 valence electrons. The summed E-state index contributed by atoms with van der Waals surface area (Å²) in [6, 6.07) is -0.657. The maximum absolute atomic E-state index is 14.2. The van der Waals surface area contributed by atoms with Crippen molar-refractivity contribution in [2.75, 3.05) is 6.61 Å². The Kier molecular flexibility index (Phi) is 7.95. The van der Waals surface area contributed by atoms with Gasteiger partial charge in [-0.3, -0.25) is 4.79 Å². The lowest BCUT2D eigenvalue weighted by Crippen LogP contribution is -2.29. The number of halogens is 4. The van der Waals surface area contributed by atoms with Crippen LogP contribution in [0.5, 0.6) is 5.75 Å². The van der Waals surface area contributed by atoms with Crippen molar-refractivity contribution < 1.29 is 39.7 Å². The van der Waals surface area contributed by atoms with E-state index < -0.39 is 61.2 Å². The molecular formula is C17H20F4N2O6S. The lowest BCUT2D eigenvalue weighted by Gasteiger charge is -2.19. The Morgan fingerprint density at radius 3 is 2.30 bits per heavy atom. The first-order valence-electron chi connectivity index (χ1n) is 8.73. The molecule has 0 aliphatic heterocycles. The standard InChI is InChI=1S/C15H14F4N2O6S.C2H6/c1-4-26-14(23)8-6-21(7(2)3)11-10(12(8)22)20-5-9(16)13(11)27-28(24,25)15(17,18)19;1-2/h5-7H,4H2,1-3H3;1-2H3. The molecule has 8 nitrogen and oxygen atoms in total. The van der Waals surface area contributed by atoms with Gasteiger partial charge in [-0.2, -0.15) is 21.6 Å². The third-order valence-corrected chi connectivity index (χ3v) is 4.43. The van der Waals surface area contributed by atoms with E-state index in [9.17, 15) is 35.6 Å². The van der Waals surface area contributed by atoms with E-state index in [4.69, 9.17) is 4.74 Å². The van der Waals surface area contributed by atoms with Crippen molar-refractivity contribution in [2.24, 2.45) is 0 Å². The summed E-state index contributed by atoms with van der Waals surface area (Å²) in [6.07, 6.45) is 1.24. The Morgan fingerprint density at radius 1 is 1.27 bits per heavy atom. The van der Waals surface area contributed by atoms with E-state index in [2.05, 4.69) is 9.17 Å². The predicted molar refractivity (Wildman–Crippen MR) is 99.3 cm³/mol. The number of rotatable bonds is 5. The molecule has 2 aromatic heterocycles. The molecule has 0 fully saturated rings. The van der Waals surface area contributed by atoms with Crippen LogP contribution in [0.3, 0.4) is 0 Å². The lowest BCUT2D eigenvalue weighted by molar-refractivity contribution is -0.0500. The van der Waals surface area contributed by atoms with Gasteiger partial charge in [0.15, 0.2) is 5.82 Å². The first kappa shape index (κ1) is 25.3. The van der Waals surface area contributed by atoms with Gasteiger partial charge in [-0.25, -0.2) is 14.2 Å². The summed E-state index contributed by atoms with van der Waals surface area (Å²) in [5.74, 6) is -3.93. The maximum atomic E-state index is 14.2. The zero-order valence-corrected chi connectivity index (χ0v) is 17.5. The first-order valence-corrected chi connectivity index (χ1v) is 10.1. The molecule has 0 atom stereocenters. The number of ether oxygens (including phenoxy) is 1. The van der Waals surface area contributed by atoms with Crippen LogP contribution in [0.4, 0.5) is 17.6 Å². The fraction of sp³-hybridized carbons (Fsp3) is 0.471. The number of alkyl halides is 3. The van der Waals surface area contributed by atoms with Crippen LogP contribution in [-0.2, 0) is 14.9 Å². The van der Waals surface area contributed by atoms with E-state index in [0.29, 0.717) is 6.20 Å². The molecule has 0 bridgehead atoms.